The minimum absolute atomic E-state index is 0.0289. The lowest BCUT2D eigenvalue weighted by Crippen LogP contribution is -2.62. The van der Waals surface area contributed by atoms with Crippen molar-refractivity contribution in [3.8, 4) is 0 Å². The number of nitrogens with two attached hydrogens (primary N) is 1. The lowest BCUT2D eigenvalue weighted by Gasteiger charge is -2.50. The van der Waals surface area contributed by atoms with Crippen molar-refractivity contribution in [2.24, 2.45) is 28.6 Å². The first-order chi connectivity index (χ1) is 12.7. The van der Waals surface area contributed by atoms with Crippen LogP contribution in [0.1, 0.15) is 51.4 Å². The van der Waals surface area contributed by atoms with Crippen LogP contribution < -0.4 is 5.73 Å². The minimum atomic E-state index is -1.18. The lowest BCUT2D eigenvalue weighted by atomic mass is 9.75. The summed E-state index contributed by atoms with van der Waals surface area (Å²) in [5.74, 6) is -0.252. The van der Waals surface area contributed by atoms with E-state index in [1.165, 1.54) is 0 Å². The fourth-order valence-electron chi connectivity index (χ4n) is 3.63. The molecule has 148 valence electrons. The Balaban J connectivity index is 2.34. The first-order valence-electron chi connectivity index (χ1n) is 9.50. The van der Waals surface area contributed by atoms with Crippen LogP contribution >= 0.6 is 0 Å². The smallest absolute Gasteiger partial charge is 0.338 e. The predicted octanol–water partition coefficient (Wildman–Crippen LogP) is 4.28. The number of ether oxygens (including phenoxy) is 2. The Labute approximate surface area is 160 Å². The van der Waals surface area contributed by atoms with Crippen LogP contribution in [-0.4, -0.2) is 29.9 Å². The van der Waals surface area contributed by atoms with Crippen LogP contribution in [0.4, 0.5) is 0 Å². The number of carbonyl (C=O) groups is 1. The maximum absolute atomic E-state index is 12.7. The Morgan fingerprint density at radius 1 is 1.37 bits per heavy atom. The number of carbonyl (C=O) groups excluding carboxylic acids is 1. The van der Waals surface area contributed by atoms with E-state index in [0.717, 1.165) is 6.42 Å². The molecule has 0 aliphatic carbocycles. The summed E-state index contributed by atoms with van der Waals surface area (Å²) in [6, 6.07) is 8.46. The van der Waals surface area contributed by atoms with Gasteiger partial charge in [0.05, 0.1) is 11.7 Å². The van der Waals surface area contributed by atoms with Gasteiger partial charge in [-0.3, -0.25) is 0 Å². The Hall–Kier alpha value is -2.08. The van der Waals surface area contributed by atoms with E-state index in [1.807, 2.05) is 33.8 Å². The fourth-order valence-corrected chi connectivity index (χ4v) is 3.63. The van der Waals surface area contributed by atoms with E-state index in [2.05, 4.69) is 10.0 Å². The van der Waals surface area contributed by atoms with E-state index in [-0.39, 0.29) is 23.7 Å². The van der Waals surface area contributed by atoms with Gasteiger partial charge in [-0.05, 0) is 48.8 Å². The molecule has 27 heavy (non-hydrogen) atoms. The largest absolute Gasteiger partial charge is 0.456 e. The summed E-state index contributed by atoms with van der Waals surface area (Å²) < 4.78 is 12.1. The molecule has 0 amide bonds. The molecule has 1 heterocycles. The highest BCUT2D eigenvalue weighted by Crippen LogP contribution is 2.40. The summed E-state index contributed by atoms with van der Waals surface area (Å²) in [6.07, 6.45) is -0.0726. The standard InChI is InChI=1S/C20H30N4O3/c1-6-12(2)16(26-19(25)15-10-8-7-9-11-15)17-13(3)14(4)18(21)20(5,27-17)23-24-22/h7-14,16-18H,6,21H2,1-5H3/t12-,13-,14+,16-,17?,18?,20-/m1/s1. The van der Waals surface area contributed by atoms with Gasteiger partial charge in [-0.15, -0.1) is 0 Å². The van der Waals surface area contributed by atoms with Gasteiger partial charge in [-0.2, -0.15) is 0 Å². The predicted molar refractivity (Wildman–Crippen MR) is 104 cm³/mol. The van der Waals surface area contributed by atoms with Crippen molar-refractivity contribution < 1.29 is 14.3 Å². The molecular formula is C20H30N4O3. The van der Waals surface area contributed by atoms with Crippen LogP contribution in [0.5, 0.6) is 0 Å². The summed E-state index contributed by atoms with van der Waals surface area (Å²) in [6.45, 7) is 9.82. The molecule has 1 aliphatic heterocycles. The van der Waals surface area contributed by atoms with Crippen LogP contribution in [0, 0.1) is 17.8 Å². The number of hydrogen-bond donors (Lipinski definition) is 1. The van der Waals surface area contributed by atoms with Crippen LogP contribution in [-0.2, 0) is 9.47 Å². The zero-order valence-corrected chi connectivity index (χ0v) is 16.7. The second kappa shape index (κ2) is 8.74. The molecule has 1 fully saturated rings. The molecule has 0 bridgehead atoms. The van der Waals surface area contributed by atoms with Crippen LogP contribution in [0.2, 0.25) is 0 Å². The topological polar surface area (TPSA) is 110 Å². The van der Waals surface area contributed by atoms with Gasteiger partial charge in [0.2, 0.25) is 0 Å². The minimum Gasteiger partial charge on any atom is -0.456 e. The van der Waals surface area contributed by atoms with Gasteiger partial charge in [-0.25, -0.2) is 4.79 Å². The highest BCUT2D eigenvalue weighted by Gasteiger charge is 2.50. The molecule has 2 unspecified atom stereocenters. The second-order valence-electron chi connectivity index (χ2n) is 7.69. The molecule has 0 aromatic heterocycles. The molecule has 0 spiro atoms. The summed E-state index contributed by atoms with van der Waals surface area (Å²) in [4.78, 5) is 15.6. The average Bonchev–Trinajstić information content (AvgIpc) is 2.68. The SMILES string of the molecule is CC[C@@H](C)[C@@H](OC(=O)c1ccccc1)C1O[C@@](C)(N=[N+]=[N-])C(N)[C@@H](C)[C@H]1C. The number of nitrogens with zero attached hydrogens (tertiary/aromatic N) is 3. The van der Waals surface area contributed by atoms with Crippen molar-refractivity contribution in [3.05, 3.63) is 46.3 Å². The molecule has 0 radical (unpaired) electrons. The number of rotatable bonds is 6. The monoisotopic (exact) mass is 374 g/mol. The summed E-state index contributed by atoms with van der Waals surface area (Å²) in [5.41, 5.74) is 14.6. The van der Waals surface area contributed by atoms with Crippen LogP contribution in [0.25, 0.3) is 10.4 Å². The van der Waals surface area contributed by atoms with E-state index in [9.17, 15) is 4.79 Å². The summed E-state index contributed by atoms with van der Waals surface area (Å²) in [5, 5.41) is 3.83. The third-order valence-electron chi connectivity index (χ3n) is 5.93. The highest BCUT2D eigenvalue weighted by molar-refractivity contribution is 5.89. The molecule has 1 aliphatic rings. The Morgan fingerprint density at radius 2 is 2.00 bits per heavy atom. The Bertz CT molecular complexity index is 692. The number of hydrogen-bond acceptors (Lipinski definition) is 5. The van der Waals surface area contributed by atoms with E-state index in [1.54, 1.807) is 31.2 Å². The molecule has 7 nitrogen and oxygen atoms in total. The van der Waals surface area contributed by atoms with Crippen molar-refractivity contribution in [1.29, 1.82) is 0 Å². The van der Waals surface area contributed by atoms with Crippen molar-refractivity contribution in [3.63, 3.8) is 0 Å². The first-order valence-corrected chi connectivity index (χ1v) is 9.50. The summed E-state index contributed by atoms with van der Waals surface area (Å²) in [7, 11) is 0. The van der Waals surface area contributed by atoms with Gasteiger partial charge in [0.15, 0.2) is 5.72 Å². The molecule has 0 saturated carbocycles. The molecule has 2 rings (SSSR count). The van der Waals surface area contributed by atoms with Gasteiger partial charge in [0.25, 0.3) is 0 Å². The molecule has 7 heteroatoms. The van der Waals surface area contributed by atoms with E-state index < -0.39 is 24.0 Å². The maximum Gasteiger partial charge on any atom is 0.338 e. The number of benzene rings is 1. The van der Waals surface area contributed by atoms with Crippen molar-refractivity contribution in [2.45, 2.75) is 65.0 Å². The Kier molecular flexibility index (Phi) is 6.87. The van der Waals surface area contributed by atoms with E-state index in [0.29, 0.717) is 5.56 Å². The third-order valence-corrected chi connectivity index (χ3v) is 5.93. The van der Waals surface area contributed by atoms with Crippen molar-refractivity contribution in [1.82, 2.24) is 0 Å². The van der Waals surface area contributed by atoms with Crippen LogP contribution in [0.3, 0.4) is 0 Å². The molecule has 7 atom stereocenters. The molecule has 1 saturated heterocycles. The van der Waals surface area contributed by atoms with Gasteiger partial charge < -0.3 is 15.2 Å². The quantitative estimate of drug-likeness (QED) is 0.346. The van der Waals surface area contributed by atoms with Crippen molar-refractivity contribution in [2.75, 3.05) is 0 Å². The highest BCUT2D eigenvalue weighted by atomic mass is 16.6. The van der Waals surface area contributed by atoms with Gasteiger partial charge >= 0.3 is 5.97 Å². The molecule has 2 N–H and O–H groups in total. The van der Waals surface area contributed by atoms with Gasteiger partial charge in [0, 0.05) is 11.0 Å². The van der Waals surface area contributed by atoms with Crippen LogP contribution in [0.15, 0.2) is 35.4 Å². The first kappa shape index (κ1) is 21.2. The lowest BCUT2D eigenvalue weighted by molar-refractivity contribution is -0.208. The van der Waals surface area contributed by atoms with Crippen molar-refractivity contribution >= 4 is 5.97 Å². The normalized spacial score (nSPS) is 32.8. The number of esters is 1. The summed E-state index contributed by atoms with van der Waals surface area (Å²) >= 11 is 0. The third kappa shape index (κ3) is 4.43. The average molecular weight is 374 g/mol. The second-order valence-corrected chi connectivity index (χ2v) is 7.69. The zero-order valence-electron chi connectivity index (χ0n) is 16.7. The van der Waals surface area contributed by atoms with E-state index in [4.69, 9.17) is 20.7 Å². The number of azide groups is 1. The van der Waals surface area contributed by atoms with E-state index >= 15 is 0 Å². The molecule has 1 aromatic carbocycles. The molecular weight excluding hydrogens is 344 g/mol. The maximum atomic E-state index is 12.7. The fraction of sp³-hybridized carbons (Fsp3) is 0.650. The zero-order chi connectivity index (χ0) is 20.2. The molecule has 1 aromatic rings. The van der Waals surface area contributed by atoms with Gasteiger partial charge in [0.1, 0.15) is 6.10 Å². The van der Waals surface area contributed by atoms with Gasteiger partial charge in [-0.1, -0.05) is 51.0 Å². The Morgan fingerprint density at radius 3 is 2.56 bits per heavy atom.